The van der Waals surface area contributed by atoms with Crippen molar-refractivity contribution in [3.8, 4) is 0 Å². The number of hydrogen-bond donors (Lipinski definition) is 0. The fourth-order valence-corrected chi connectivity index (χ4v) is 4.37. The monoisotopic (exact) mass is 364 g/mol. The molecule has 27 heavy (non-hydrogen) atoms. The van der Waals surface area contributed by atoms with E-state index >= 15 is 0 Å². The third-order valence-electron chi connectivity index (χ3n) is 5.97. The zero-order chi connectivity index (χ0) is 18.8. The van der Waals surface area contributed by atoms with Gasteiger partial charge in [-0.3, -0.25) is 0 Å². The largest absolute Gasteiger partial charge is 0.204 e. The van der Waals surface area contributed by atoms with Gasteiger partial charge in [-0.2, -0.15) is 0 Å². The SMILES string of the molecule is CCCCCc1ccc2cc(C3CCc4c(ccc(F)c4F)C3)ccc2c1. The second-order valence-electron chi connectivity index (χ2n) is 7.84. The number of benzene rings is 3. The van der Waals surface area contributed by atoms with E-state index < -0.39 is 11.6 Å². The fraction of sp³-hybridized carbons (Fsp3) is 0.360. The maximum absolute atomic E-state index is 14.0. The van der Waals surface area contributed by atoms with Crippen LogP contribution >= 0.6 is 0 Å². The number of rotatable bonds is 5. The minimum absolute atomic E-state index is 0.371. The van der Waals surface area contributed by atoms with Gasteiger partial charge in [0.05, 0.1) is 0 Å². The van der Waals surface area contributed by atoms with Crippen molar-refractivity contribution in [2.45, 2.75) is 57.8 Å². The summed E-state index contributed by atoms with van der Waals surface area (Å²) in [5, 5.41) is 2.56. The van der Waals surface area contributed by atoms with Gasteiger partial charge in [0.2, 0.25) is 0 Å². The van der Waals surface area contributed by atoms with Crippen LogP contribution in [0.1, 0.15) is 60.8 Å². The Hall–Kier alpha value is -2.22. The van der Waals surface area contributed by atoms with E-state index in [0.717, 1.165) is 24.8 Å². The molecule has 0 amide bonds. The molecule has 0 saturated carbocycles. The molecular weight excluding hydrogens is 338 g/mol. The number of unbranched alkanes of at least 4 members (excludes halogenated alkanes) is 2. The molecule has 0 saturated heterocycles. The molecule has 1 atom stereocenters. The summed E-state index contributed by atoms with van der Waals surface area (Å²) in [5.41, 5.74) is 4.24. The summed E-state index contributed by atoms with van der Waals surface area (Å²) < 4.78 is 27.5. The molecule has 3 aromatic carbocycles. The zero-order valence-electron chi connectivity index (χ0n) is 15.9. The van der Waals surface area contributed by atoms with Gasteiger partial charge in [0.25, 0.3) is 0 Å². The van der Waals surface area contributed by atoms with Crippen molar-refractivity contribution in [2.24, 2.45) is 0 Å². The molecule has 140 valence electrons. The van der Waals surface area contributed by atoms with Gasteiger partial charge in [0.15, 0.2) is 11.6 Å². The fourth-order valence-electron chi connectivity index (χ4n) is 4.37. The van der Waals surface area contributed by atoms with Crippen molar-refractivity contribution in [2.75, 3.05) is 0 Å². The van der Waals surface area contributed by atoms with E-state index in [1.807, 2.05) is 0 Å². The molecular formula is C25H26F2. The highest BCUT2D eigenvalue weighted by atomic mass is 19.2. The standard InChI is InChI=1S/C25H26F2/c1-2-3-4-5-17-6-7-19-15-20(9-8-18(19)14-17)21-10-12-23-22(16-21)11-13-24(26)25(23)27/h6-9,11,13-15,21H,2-5,10,12,16H2,1H3. The van der Waals surface area contributed by atoms with Gasteiger partial charge < -0.3 is 0 Å². The van der Waals surface area contributed by atoms with Gasteiger partial charge in [-0.25, -0.2) is 8.78 Å². The molecule has 0 heterocycles. The average Bonchev–Trinajstić information content (AvgIpc) is 2.70. The summed E-state index contributed by atoms with van der Waals surface area (Å²) in [6.45, 7) is 2.23. The topological polar surface area (TPSA) is 0 Å². The first-order chi connectivity index (χ1) is 13.2. The number of halogens is 2. The molecule has 0 fully saturated rings. The lowest BCUT2D eigenvalue weighted by atomic mass is 9.79. The van der Waals surface area contributed by atoms with Crippen LogP contribution in [0, 0.1) is 11.6 Å². The molecule has 0 aliphatic heterocycles. The van der Waals surface area contributed by atoms with Gasteiger partial charge in [-0.1, -0.05) is 62.2 Å². The molecule has 1 aliphatic carbocycles. The minimum atomic E-state index is -0.729. The van der Waals surface area contributed by atoms with Crippen LogP contribution in [-0.2, 0) is 19.3 Å². The van der Waals surface area contributed by atoms with Crippen molar-refractivity contribution < 1.29 is 8.78 Å². The van der Waals surface area contributed by atoms with Gasteiger partial charge in [-0.05, 0) is 77.1 Å². The second-order valence-corrected chi connectivity index (χ2v) is 7.84. The highest BCUT2D eigenvalue weighted by Crippen LogP contribution is 2.35. The Labute approximate surface area is 160 Å². The molecule has 2 heteroatoms. The van der Waals surface area contributed by atoms with Crippen molar-refractivity contribution in [3.05, 3.63) is 82.4 Å². The molecule has 0 radical (unpaired) electrons. The first-order valence-electron chi connectivity index (χ1n) is 10.1. The van der Waals surface area contributed by atoms with Crippen LogP contribution in [-0.4, -0.2) is 0 Å². The lowest BCUT2D eigenvalue weighted by Gasteiger charge is -2.25. The smallest absolute Gasteiger partial charge is 0.162 e. The summed E-state index contributed by atoms with van der Waals surface area (Å²) in [5.74, 6) is -1.01. The van der Waals surface area contributed by atoms with Crippen LogP contribution in [0.15, 0.2) is 48.5 Å². The summed E-state index contributed by atoms with van der Waals surface area (Å²) >= 11 is 0. The minimum Gasteiger partial charge on any atom is -0.204 e. The number of aryl methyl sites for hydroxylation is 1. The summed E-state index contributed by atoms with van der Waals surface area (Å²) in [6, 6.07) is 16.5. The normalized spacial score (nSPS) is 16.5. The van der Waals surface area contributed by atoms with Crippen LogP contribution < -0.4 is 0 Å². The Balaban J connectivity index is 1.55. The number of fused-ring (bicyclic) bond motifs is 2. The zero-order valence-corrected chi connectivity index (χ0v) is 15.9. The average molecular weight is 364 g/mol. The highest BCUT2D eigenvalue weighted by molar-refractivity contribution is 5.84. The lowest BCUT2D eigenvalue weighted by molar-refractivity contribution is 0.478. The van der Waals surface area contributed by atoms with Gasteiger partial charge in [0.1, 0.15) is 0 Å². The Morgan fingerprint density at radius 2 is 1.74 bits per heavy atom. The molecule has 1 aliphatic rings. The summed E-state index contributed by atoms with van der Waals surface area (Å²) in [6.07, 6.45) is 7.19. The Kier molecular flexibility index (Phi) is 5.24. The van der Waals surface area contributed by atoms with Crippen molar-refractivity contribution in [1.29, 1.82) is 0 Å². The molecule has 0 bridgehead atoms. The van der Waals surface area contributed by atoms with Crippen molar-refractivity contribution in [3.63, 3.8) is 0 Å². The maximum atomic E-state index is 14.0. The Bertz CT molecular complexity index is 958. The van der Waals surface area contributed by atoms with Gasteiger partial charge in [-0.15, -0.1) is 0 Å². The van der Waals surface area contributed by atoms with Crippen LogP contribution in [0.25, 0.3) is 10.8 Å². The third kappa shape index (κ3) is 3.76. The maximum Gasteiger partial charge on any atom is 0.162 e. The summed E-state index contributed by atoms with van der Waals surface area (Å²) in [4.78, 5) is 0. The molecule has 0 spiro atoms. The second kappa shape index (κ2) is 7.80. The van der Waals surface area contributed by atoms with Gasteiger partial charge >= 0.3 is 0 Å². The number of hydrogen-bond acceptors (Lipinski definition) is 0. The Morgan fingerprint density at radius 3 is 2.59 bits per heavy atom. The molecule has 3 aromatic rings. The predicted molar refractivity (Wildman–Crippen MR) is 108 cm³/mol. The van der Waals surface area contributed by atoms with E-state index in [1.165, 1.54) is 47.2 Å². The first-order valence-corrected chi connectivity index (χ1v) is 10.1. The van der Waals surface area contributed by atoms with Crippen LogP contribution in [0.3, 0.4) is 0 Å². The van der Waals surface area contributed by atoms with Gasteiger partial charge in [0, 0.05) is 0 Å². The van der Waals surface area contributed by atoms with Crippen LogP contribution in [0.5, 0.6) is 0 Å². The van der Waals surface area contributed by atoms with Crippen LogP contribution in [0.2, 0.25) is 0 Å². The van der Waals surface area contributed by atoms with E-state index in [4.69, 9.17) is 0 Å². The van der Waals surface area contributed by atoms with Crippen LogP contribution in [0.4, 0.5) is 8.78 Å². The Morgan fingerprint density at radius 1 is 0.926 bits per heavy atom. The van der Waals surface area contributed by atoms with E-state index in [9.17, 15) is 8.78 Å². The van der Waals surface area contributed by atoms with E-state index in [1.54, 1.807) is 6.07 Å². The first kappa shape index (κ1) is 18.2. The molecule has 0 aromatic heterocycles. The molecule has 0 N–H and O–H groups in total. The lowest BCUT2D eigenvalue weighted by Crippen LogP contribution is -2.15. The summed E-state index contributed by atoms with van der Waals surface area (Å²) in [7, 11) is 0. The molecule has 4 rings (SSSR count). The van der Waals surface area contributed by atoms with E-state index in [0.29, 0.717) is 17.9 Å². The van der Waals surface area contributed by atoms with E-state index in [-0.39, 0.29) is 0 Å². The predicted octanol–water partition coefficient (Wildman–Crippen LogP) is 7.12. The van der Waals surface area contributed by atoms with Crippen molar-refractivity contribution in [1.82, 2.24) is 0 Å². The molecule has 0 nitrogen and oxygen atoms in total. The highest BCUT2D eigenvalue weighted by Gasteiger charge is 2.24. The quantitative estimate of drug-likeness (QED) is 0.423. The van der Waals surface area contributed by atoms with E-state index in [2.05, 4.69) is 43.3 Å². The molecule has 1 unspecified atom stereocenters. The van der Waals surface area contributed by atoms with Crippen molar-refractivity contribution >= 4 is 10.8 Å². The third-order valence-corrected chi connectivity index (χ3v) is 5.97.